The van der Waals surface area contributed by atoms with Crippen LogP contribution in [0.25, 0.3) is 11.0 Å². The second-order valence-corrected chi connectivity index (χ2v) is 7.02. The van der Waals surface area contributed by atoms with Crippen molar-refractivity contribution in [2.75, 3.05) is 26.3 Å². The molecule has 2 aromatic rings. The highest BCUT2D eigenvalue weighted by Crippen LogP contribution is 2.26. The van der Waals surface area contributed by atoms with Crippen LogP contribution in [0.2, 0.25) is 0 Å². The largest absolute Gasteiger partial charge is 0.451 e. The van der Waals surface area contributed by atoms with Crippen molar-refractivity contribution >= 4 is 16.9 Å². The standard InChI is InChI=1S/C20H26N2O4/c23-20(22-12-15-6-4-10-25-15)19-17(13-21-11-14-5-3-9-24-14)16-7-1-2-8-18(16)26-19/h1-2,7-8,14-15,21H,3-6,9-13H2,(H,22,23)/t14-,15+/m1/s1. The van der Waals surface area contributed by atoms with Gasteiger partial charge in [0.25, 0.3) is 5.91 Å². The van der Waals surface area contributed by atoms with Gasteiger partial charge >= 0.3 is 0 Å². The molecule has 1 aromatic carbocycles. The molecular formula is C20H26N2O4. The average Bonchev–Trinajstić information content (AvgIpc) is 3.41. The second-order valence-electron chi connectivity index (χ2n) is 7.02. The zero-order valence-electron chi connectivity index (χ0n) is 15.0. The number of para-hydroxylation sites is 1. The Bertz CT molecular complexity index is 745. The van der Waals surface area contributed by atoms with Crippen LogP contribution in [0.1, 0.15) is 41.8 Å². The summed E-state index contributed by atoms with van der Waals surface area (Å²) in [4.78, 5) is 12.7. The van der Waals surface area contributed by atoms with Gasteiger partial charge in [-0.3, -0.25) is 4.79 Å². The van der Waals surface area contributed by atoms with Crippen molar-refractivity contribution in [1.29, 1.82) is 0 Å². The van der Waals surface area contributed by atoms with Crippen molar-refractivity contribution in [2.24, 2.45) is 0 Å². The molecule has 2 aliphatic rings. The Kier molecular flexibility index (Phi) is 5.53. The first-order chi connectivity index (χ1) is 12.8. The molecule has 140 valence electrons. The first-order valence-corrected chi connectivity index (χ1v) is 9.54. The molecule has 2 aliphatic heterocycles. The molecule has 6 heteroatoms. The molecule has 4 rings (SSSR count). The summed E-state index contributed by atoms with van der Waals surface area (Å²) >= 11 is 0. The van der Waals surface area contributed by atoms with Gasteiger partial charge in [-0.25, -0.2) is 0 Å². The number of fused-ring (bicyclic) bond motifs is 1. The Balaban J connectivity index is 1.46. The van der Waals surface area contributed by atoms with Gasteiger partial charge in [0.15, 0.2) is 5.76 Å². The Morgan fingerprint density at radius 2 is 1.77 bits per heavy atom. The Hall–Kier alpha value is -1.89. The third-order valence-electron chi connectivity index (χ3n) is 5.12. The van der Waals surface area contributed by atoms with Crippen LogP contribution in [0, 0.1) is 0 Å². The van der Waals surface area contributed by atoms with Crippen LogP contribution in [0.3, 0.4) is 0 Å². The fourth-order valence-corrected chi connectivity index (χ4v) is 3.71. The molecule has 3 heterocycles. The molecule has 2 fully saturated rings. The summed E-state index contributed by atoms with van der Waals surface area (Å²) in [6.45, 7) is 3.52. The Morgan fingerprint density at radius 3 is 2.50 bits per heavy atom. The normalized spacial score (nSPS) is 22.9. The molecule has 0 aliphatic carbocycles. The molecule has 26 heavy (non-hydrogen) atoms. The number of carbonyl (C=O) groups excluding carboxylic acids is 1. The lowest BCUT2D eigenvalue weighted by Crippen LogP contribution is -2.32. The number of amides is 1. The minimum absolute atomic E-state index is 0.115. The lowest BCUT2D eigenvalue weighted by Gasteiger charge is -2.12. The highest BCUT2D eigenvalue weighted by Gasteiger charge is 2.23. The summed E-state index contributed by atoms with van der Waals surface area (Å²) in [5.41, 5.74) is 1.65. The van der Waals surface area contributed by atoms with Crippen LogP contribution < -0.4 is 10.6 Å². The predicted molar refractivity (Wildman–Crippen MR) is 98.2 cm³/mol. The number of furan rings is 1. The maximum Gasteiger partial charge on any atom is 0.287 e. The third kappa shape index (κ3) is 3.92. The molecule has 0 radical (unpaired) electrons. The lowest BCUT2D eigenvalue weighted by atomic mass is 10.1. The van der Waals surface area contributed by atoms with E-state index in [-0.39, 0.29) is 18.1 Å². The van der Waals surface area contributed by atoms with E-state index in [9.17, 15) is 4.79 Å². The molecule has 0 spiro atoms. The SMILES string of the molecule is O=C(NC[C@@H]1CCCO1)c1oc2ccccc2c1CNC[C@H]1CCCO1. The summed E-state index contributed by atoms with van der Waals surface area (Å²) in [6, 6.07) is 7.79. The monoisotopic (exact) mass is 358 g/mol. The van der Waals surface area contributed by atoms with Gasteiger partial charge in [0.05, 0.1) is 12.2 Å². The van der Waals surface area contributed by atoms with Crippen molar-refractivity contribution in [2.45, 2.75) is 44.4 Å². The summed E-state index contributed by atoms with van der Waals surface area (Å²) in [6.07, 6.45) is 4.65. The van der Waals surface area contributed by atoms with E-state index < -0.39 is 0 Å². The van der Waals surface area contributed by atoms with Crippen LogP contribution in [0.15, 0.2) is 28.7 Å². The first kappa shape index (κ1) is 17.5. The van der Waals surface area contributed by atoms with Crippen molar-refractivity contribution in [3.63, 3.8) is 0 Å². The minimum atomic E-state index is -0.175. The molecule has 6 nitrogen and oxygen atoms in total. The van der Waals surface area contributed by atoms with E-state index in [1.165, 1.54) is 0 Å². The summed E-state index contributed by atoms with van der Waals surface area (Å²) < 4.78 is 17.1. The fraction of sp³-hybridized carbons (Fsp3) is 0.550. The van der Waals surface area contributed by atoms with E-state index in [0.29, 0.717) is 18.8 Å². The first-order valence-electron chi connectivity index (χ1n) is 9.54. The number of hydrogen-bond donors (Lipinski definition) is 2. The number of hydrogen-bond acceptors (Lipinski definition) is 5. The maximum absolute atomic E-state index is 12.7. The lowest BCUT2D eigenvalue weighted by molar-refractivity contribution is 0.0835. The van der Waals surface area contributed by atoms with Gasteiger partial charge in [0, 0.05) is 43.8 Å². The Morgan fingerprint density at radius 1 is 1.04 bits per heavy atom. The smallest absolute Gasteiger partial charge is 0.287 e. The molecule has 1 aromatic heterocycles. The van der Waals surface area contributed by atoms with Crippen LogP contribution in [-0.2, 0) is 16.0 Å². The van der Waals surface area contributed by atoms with Crippen molar-refractivity contribution in [1.82, 2.24) is 10.6 Å². The zero-order valence-corrected chi connectivity index (χ0v) is 15.0. The van der Waals surface area contributed by atoms with Gasteiger partial charge in [0.1, 0.15) is 5.58 Å². The van der Waals surface area contributed by atoms with Crippen LogP contribution in [-0.4, -0.2) is 44.4 Å². The van der Waals surface area contributed by atoms with E-state index in [4.69, 9.17) is 13.9 Å². The van der Waals surface area contributed by atoms with Gasteiger partial charge < -0.3 is 24.5 Å². The molecular weight excluding hydrogens is 332 g/mol. The average molecular weight is 358 g/mol. The quantitative estimate of drug-likeness (QED) is 0.796. The van der Waals surface area contributed by atoms with Crippen molar-refractivity contribution in [3.05, 3.63) is 35.6 Å². The number of rotatable bonds is 7. The summed E-state index contributed by atoms with van der Waals surface area (Å²) in [7, 11) is 0. The van der Waals surface area contributed by atoms with Gasteiger partial charge in [-0.2, -0.15) is 0 Å². The highest BCUT2D eigenvalue weighted by molar-refractivity contribution is 5.99. The molecule has 0 unspecified atom stereocenters. The number of nitrogens with one attached hydrogen (secondary N) is 2. The number of ether oxygens (including phenoxy) is 2. The van der Waals surface area contributed by atoms with E-state index >= 15 is 0 Å². The van der Waals surface area contributed by atoms with Crippen LogP contribution >= 0.6 is 0 Å². The van der Waals surface area contributed by atoms with E-state index in [1.807, 2.05) is 24.3 Å². The molecule has 2 atom stereocenters. The third-order valence-corrected chi connectivity index (χ3v) is 5.12. The number of benzene rings is 1. The van der Waals surface area contributed by atoms with E-state index in [0.717, 1.165) is 62.0 Å². The summed E-state index contributed by atoms with van der Waals surface area (Å²) in [5, 5.41) is 7.37. The molecule has 0 bridgehead atoms. The van der Waals surface area contributed by atoms with Gasteiger partial charge in [-0.05, 0) is 31.7 Å². The van der Waals surface area contributed by atoms with Crippen molar-refractivity contribution in [3.8, 4) is 0 Å². The van der Waals surface area contributed by atoms with Crippen LogP contribution in [0.4, 0.5) is 0 Å². The predicted octanol–water partition coefficient (Wildman–Crippen LogP) is 2.61. The van der Waals surface area contributed by atoms with Gasteiger partial charge in [0.2, 0.25) is 0 Å². The zero-order chi connectivity index (χ0) is 17.8. The summed E-state index contributed by atoms with van der Waals surface area (Å²) in [5.74, 6) is 0.217. The fourth-order valence-electron chi connectivity index (χ4n) is 3.71. The van der Waals surface area contributed by atoms with Gasteiger partial charge in [-0.1, -0.05) is 18.2 Å². The van der Waals surface area contributed by atoms with Crippen LogP contribution in [0.5, 0.6) is 0 Å². The molecule has 2 N–H and O–H groups in total. The highest BCUT2D eigenvalue weighted by atomic mass is 16.5. The van der Waals surface area contributed by atoms with Crippen molar-refractivity contribution < 1.29 is 18.7 Å². The molecule has 0 saturated carbocycles. The Labute approximate surface area is 153 Å². The maximum atomic E-state index is 12.7. The van der Waals surface area contributed by atoms with E-state index in [1.54, 1.807) is 0 Å². The molecule has 2 saturated heterocycles. The molecule has 1 amide bonds. The topological polar surface area (TPSA) is 72.7 Å². The minimum Gasteiger partial charge on any atom is -0.451 e. The second kappa shape index (κ2) is 8.20. The number of carbonyl (C=O) groups is 1. The van der Waals surface area contributed by atoms with Gasteiger partial charge in [-0.15, -0.1) is 0 Å². The van der Waals surface area contributed by atoms with E-state index in [2.05, 4.69) is 10.6 Å².